The average molecular weight is 291 g/mol. The smallest absolute Gasteiger partial charge is 0.168 e. The standard InChI is InChI=1S/C20H36N/c1-2-3-4-5-6-7-8-9-10-11-12-13-15-18-21-19-16-14-17-20-21/h14,16-17,19-20H,2-13,15,18H2,1H3/q+1. The van der Waals surface area contributed by atoms with Gasteiger partial charge in [-0.1, -0.05) is 83.6 Å². The topological polar surface area (TPSA) is 3.88 Å². The van der Waals surface area contributed by atoms with Crippen LogP contribution in [0, 0.1) is 0 Å². The van der Waals surface area contributed by atoms with Gasteiger partial charge < -0.3 is 0 Å². The predicted octanol–water partition coefficient (Wildman–Crippen LogP) is 6.07. The third-order valence-electron chi connectivity index (χ3n) is 4.30. The first-order chi connectivity index (χ1) is 10.4. The van der Waals surface area contributed by atoms with E-state index in [0.717, 1.165) is 0 Å². The summed E-state index contributed by atoms with van der Waals surface area (Å²) in [4.78, 5) is 0. The van der Waals surface area contributed by atoms with Gasteiger partial charge in [0.05, 0.1) is 0 Å². The Kier molecular flexibility index (Phi) is 12.2. The largest absolute Gasteiger partial charge is 0.205 e. The van der Waals surface area contributed by atoms with Gasteiger partial charge >= 0.3 is 0 Å². The molecule has 0 N–H and O–H groups in total. The van der Waals surface area contributed by atoms with Crippen molar-refractivity contribution in [3.8, 4) is 0 Å². The summed E-state index contributed by atoms with van der Waals surface area (Å²) >= 11 is 0. The van der Waals surface area contributed by atoms with Gasteiger partial charge in [0.15, 0.2) is 12.4 Å². The fraction of sp³-hybridized carbons (Fsp3) is 0.750. The third kappa shape index (κ3) is 11.5. The summed E-state index contributed by atoms with van der Waals surface area (Å²) in [5.41, 5.74) is 0. The molecule has 0 aliphatic carbocycles. The van der Waals surface area contributed by atoms with E-state index in [1.807, 2.05) is 0 Å². The van der Waals surface area contributed by atoms with Crippen LogP contribution in [0.4, 0.5) is 0 Å². The Morgan fingerprint density at radius 1 is 0.524 bits per heavy atom. The van der Waals surface area contributed by atoms with Gasteiger partial charge in [-0.05, 0) is 6.42 Å². The first-order valence-corrected chi connectivity index (χ1v) is 9.37. The summed E-state index contributed by atoms with van der Waals surface area (Å²) in [5, 5.41) is 0. The van der Waals surface area contributed by atoms with E-state index < -0.39 is 0 Å². The van der Waals surface area contributed by atoms with E-state index in [1.54, 1.807) is 0 Å². The van der Waals surface area contributed by atoms with Gasteiger partial charge in [-0.15, -0.1) is 0 Å². The van der Waals surface area contributed by atoms with Crippen molar-refractivity contribution < 1.29 is 4.57 Å². The van der Waals surface area contributed by atoms with Crippen LogP contribution < -0.4 is 4.57 Å². The maximum absolute atomic E-state index is 2.29. The molecule has 0 aliphatic rings. The quantitative estimate of drug-likeness (QED) is 0.289. The number of aryl methyl sites for hydroxylation is 1. The first-order valence-electron chi connectivity index (χ1n) is 9.37. The Hall–Kier alpha value is -0.850. The highest BCUT2D eigenvalue weighted by Gasteiger charge is 1.98. The Balaban J connectivity index is 1.75. The zero-order valence-electron chi connectivity index (χ0n) is 14.2. The molecule has 0 saturated heterocycles. The predicted molar refractivity (Wildman–Crippen MR) is 92.3 cm³/mol. The first kappa shape index (κ1) is 18.2. The minimum Gasteiger partial charge on any atom is -0.205 e. The summed E-state index contributed by atoms with van der Waals surface area (Å²) in [6.07, 6.45) is 22.9. The molecule has 120 valence electrons. The van der Waals surface area contributed by atoms with Crippen LogP contribution in [0.25, 0.3) is 0 Å². The van der Waals surface area contributed by atoms with E-state index in [4.69, 9.17) is 0 Å². The highest BCUT2D eigenvalue weighted by atomic mass is 14.9. The summed E-state index contributed by atoms with van der Waals surface area (Å²) in [5.74, 6) is 0. The lowest BCUT2D eigenvalue weighted by molar-refractivity contribution is -0.697. The molecule has 1 aromatic heterocycles. The molecule has 1 heteroatoms. The van der Waals surface area contributed by atoms with Crippen molar-refractivity contribution in [3.63, 3.8) is 0 Å². The lowest BCUT2D eigenvalue weighted by atomic mass is 10.0. The van der Waals surface area contributed by atoms with Crippen LogP contribution in [0.2, 0.25) is 0 Å². The summed E-state index contributed by atoms with van der Waals surface area (Å²) in [7, 11) is 0. The average Bonchev–Trinajstić information content (AvgIpc) is 2.53. The van der Waals surface area contributed by atoms with Gasteiger partial charge in [-0.3, -0.25) is 0 Å². The molecule has 1 rings (SSSR count). The van der Waals surface area contributed by atoms with Crippen LogP contribution >= 0.6 is 0 Å². The molecular formula is C20H36N+. The van der Waals surface area contributed by atoms with E-state index in [9.17, 15) is 0 Å². The number of aromatic nitrogens is 1. The number of hydrogen-bond acceptors (Lipinski definition) is 0. The summed E-state index contributed by atoms with van der Waals surface area (Å²) in [6.45, 7) is 3.47. The SMILES string of the molecule is CCCCCCCCCCCCCCC[n+]1ccccc1. The zero-order valence-corrected chi connectivity index (χ0v) is 14.2. The minimum atomic E-state index is 1.18. The van der Waals surface area contributed by atoms with Crippen LogP contribution in [-0.4, -0.2) is 0 Å². The number of unbranched alkanes of at least 4 members (excludes halogenated alkanes) is 12. The Bertz CT molecular complexity index is 307. The molecule has 0 amide bonds. The molecule has 1 nitrogen and oxygen atoms in total. The van der Waals surface area contributed by atoms with Crippen molar-refractivity contribution in [3.05, 3.63) is 30.6 Å². The van der Waals surface area contributed by atoms with Crippen molar-refractivity contribution in [2.45, 2.75) is 96.9 Å². The van der Waals surface area contributed by atoms with Crippen LogP contribution in [0.5, 0.6) is 0 Å². The van der Waals surface area contributed by atoms with Crippen molar-refractivity contribution in [2.75, 3.05) is 0 Å². The molecule has 0 aliphatic heterocycles. The van der Waals surface area contributed by atoms with E-state index in [-0.39, 0.29) is 0 Å². The van der Waals surface area contributed by atoms with Gasteiger partial charge in [-0.25, -0.2) is 4.57 Å². The maximum atomic E-state index is 2.29. The van der Waals surface area contributed by atoms with Gasteiger partial charge in [0.2, 0.25) is 0 Å². The van der Waals surface area contributed by atoms with Gasteiger partial charge in [0.1, 0.15) is 6.54 Å². The van der Waals surface area contributed by atoms with E-state index in [2.05, 4.69) is 42.1 Å². The Morgan fingerprint density at radius 2 is 0.952 bits per heavy atom. The molecule has 21 heavy (non-hydrogen) atoms. The molecule has 1 aromatic rings. The highest BCUT2D eigenvalue weighted by molar-refractivity contribution is 4.83. The molecule has 0 aromatic carbocycles. The van der Waals surface area contributed by atoms with Crippen LogP contribution in [0.1, 0.15) is 90.4 Å². The van der Waals surface area contributed by atoms with Gasteiger partial charge in [-0.2, -0.15) is 0 Å². The number of hydrogen-bond donors (Lipinski definition) is 0. The van der Waals surface area contributed by atoms with E-state index in [1.165, 1.54) is 90.0 Å². The number of pyridine rings is 1. The third-order valence-corrected chi connectivity index (χ3v) is 4.30. The second-order valence-corrected chi connectivity index (χ2v) is 6.36. The van der Waals surface area contributed by atoms with E-state index >= 15 is 0 Å². The molecule has 0 saturated carbocycles. The monoisotopic (exact) mass is 290 g/mol. The van der Waals surface area contributed by atoms with Crippen molar-refractivity contribution >= 4 is 0 Å². The molecule has 0 fully saturated rings. The molecule has 0 bridgehead atoms. The van der Waals surface area contributed by atoms with Crippen LogP contribution in [-0.2, 0) is 6.54 Å². The normalized spacial score (nSPS) is 10.9. The fourth-order valence-corrected chi connectivity index (χ4v) is 2.90. The van der Waals surface area contributed by atoms with Gasteiger partial charge in [0, 0.05) is 18.6 Å². The molecule has 0 radical (unpaired) electrons. The fourth-order valence-electron chi connectivity index (χ4n) is 2.90. The second-order valence-electron chi connectivity index (χ2n) is 6.36. The molecule has 0 unspecified atom stereocenters. The zero-order chi connectivity index (χ0) is 15.0. The van der Waals surface area contributed by atoms with E-state index in [0.29, 0.717) is 0 Å². The van der Waals surface area contributed by atoms with Crippen LogP contribution in [0.15, 0.2) is 30.6 Å². The number of rotatable bonds is 14. The summed E-state index contributed by atoms with van der Waals surface area (Å²) < 4.78 is 2.29. The Labute approximate surface area is 132 Å². The van der Waals surface area contributed by atoms with Crippen LogP contribution in [0.3, 0.4) is 0 Å². The lowest BCUT2D eigenvalue weighted by Crippen LogP contribution is -2.32. The number of nitrogens with zero attached hydrogens (tertiary/aromatic N) is 1. The van der Waals surface area contributed by atoms with Crippen molar-refractivity contribution in [2.24, 2.45) is 0 Å². The molecule has 1 heterocycles. The molecule has 0 atom stereocenters. The highest BCUT2D eigenvalue weighted by Crippen LogP contribution is 2.12. The minimum absolute atomic E-state index is 1.18. The maximum Gasteiger partial charge on any atom is 0.168 e. The van der Waals surface area contributed by atoms with Crippen molar-refractivity contribution in [1.82, 2.24) is 0 Å². The lowest BCUT2D eigenvalue weighted by Gasteiger charge is -2.02. The van der Waals surface area contributed by atoms with Gasteiger partial charge in [0.25, 0.3) is 0 Å². The van der Waals surface area contributed by atoms with Crippen molar-refractivity contribution in [1.29, 1.82) is 0 Å². The Morgan fingerprint density at radius 3 is 1.43 bits per heavy atom. The molecular weight excluding hydrogens is 254 g/mol. The summed E-state index contributed by atoms with van der Waals surface area (Å²) in [6, 6.07) is 6.31. The second kappa shape index (κ2) is 14.1. The molecule has 0 spiro atoms.